The molecule has 1 aromatic carbocycles. The molecule has 2 amide bonds. The zero-order chi connectivity index (χ0) is 13.8. The molecule has 1 fully saturated rings. The molecule has 4 nitrogen and oxygen atoms in total. The summed E-state index contributed by atoms with van der Waals surface area (Å²) in [5, 5.41) is 2.72. The van der Waals surface area contributed by atoms with Gasteiger partial charge in [-0.3, -0.25) is 9.59 Å². The van der Waals surface area contributed by atoms with Crippen LogP contribution in [-0.2, 0) is 9.59 Å². The van der Waals surface area contributed by atoms with E-state index in [4.69, 9.17) is 0 Å². The summed E-state index contributed by atoms with van der Waals surface area (Å²) in [5.74, 6) is 0.342. The number of nitrogens with one attached hydrogen (secondary N) is 1. The summed E-state index contributed by atoms with van der Waals surface area (Å²) in [6, 6.07) is 6.23. The van der Waals surface area contributed by atoms with Crippen molar-refractivity contribution in [1.82, 2.24) is 10.2 Å². The van der Waals surface area contributed by atoms with Gasteiger partial charge < -0.3 is 10.2 Å². The summed E-state index contributed by atoms with van der Waals surface area (Å²) < 4.78 is 0. The number of benzene rings is 1. The van der Waals surface area contributed by atoms with Crippen molar-refractivity contribution in [3.8, 4) is 0 Å². The van der Waals surface area contributed by atoms with Crippen molar-refractivity contribution in [1.29, 1.82) is 0 Å². The lowest BCUT2D eigenvalue weighted by Crippen LogP contribution is -2.50. The van der Waals surface area contributed by atoms with Gasteiger partial charge in [-0.2, -0.15) is 0 Å². The van der Waals surface area contributed by atoms with Crippen LogP contribution in [0.25, 0.3) is 0 Å². The Morgan fingerprint density at radius 2 is 2.21 bits per heavy atom. The Balaban J connectivity index is 1.92. The topological polar surface area (TPSA) is 49.4 Å². The number of piperazine rings is 1. The molecule has 0 bridgehead atoms. The van der Waals surface area contributed by atoms with Crippen molar-refractivity contribution < 1.29 is 9.59 Å². The number of amides is 2. The first kappa shape index (κ1) is 13.9. The van der Waals surface area contributed by atoms with Crippen molar-refractivity contribution in [2.24, 2.45) is 0 Å². The van der Waals surface area contributed by atoms with Crippen LogP contribution < -0.4 is 5.32 Å². The van der Waals surface area contributed by atoms with E-state index in [1.54, 1.807) is 16.7 Å². The number of carbonyl (C=O) groups is 2. The summed E-state index contributed by atoms with van der Waals surface area (Å²) in [6.45, 7) is 5.43. The molecule has 1 saturated heterocycles. The Bertz CT molecular complexity index is 502. The maximum atomic E-state index is 12.0. The van der Waals surface area contributed by atoms with Gasteiger partial charge in [0, 0.05) is 18.0 Å². The first-order chi connectivity index (χ1) is 9.06. The van der Waals surface area contributed by atoms with E-state index in [1.807, 2.05) is 13.8 Å². The van der Waals surface area contributed by atoms with Gasteiger partial charge in [-0.25, -0.2) is 0 Å². The molecule has 1 aliphatic heterocycles. The number of aryl methyl sites for hydroxylation is 2. The van der Waals surface area contributed by atoms with Crippen LogP contribution >= 0.6 is 11.8 Å². The molecule has 1 heterocycles. The lowest BCUT2D eigenvalue weighted by molar-refractivity contribution is -0.136. The molecular weight excluding hydrogens is 260 g/mol. The summed E-state index contributed by atoms with van der Waals surface area (Å²) in [7, 11) is 0. The quantitative estimate of drug-likeness (QED) is 0.849. The average molecular weight is 278 g/mol. The molecule has 0 aromatic heterocycles. The number of hydrogen-bond acceptors (Lipinski definition) is 3. The first-order valence-electron chi connectivity index (χ1n) is 6.31. The zero-order valence-electron chi connectivity index (χ0n) is 11.2. The molecule has 1 N–H and O–H groups in total. The second-order valence-corrected chi connectivity index (χ2v) is 5.74. The predicted octanol–water partition coefficient (Wildman–Crippen LogP) is 1.35. The van der Waals surface area contributed by atoms with Crippen molar-refractivity contribution in [3.63, 3.8) is 0 Å². The van der Waals surface area contributed by atoms with E-state index in [2.05, 4.69) is 23.5 Å². The second-order valence-electron chi connectivity index (χ2n) is 4.72. The molecule has 0 atom stereocenters. The smallest absolute Gasteiger partial charge is 0.239 e. The van der Waals surface area contributed by atoms with Crippen LogP contribution in [0.5, 0.6) is 0 Å². The van der Waals surface area contributed by atoms with Crippen LogP contribution in [0.4, 0.5) is 0 Å². The van der Waals surface area contributed by atoms with Gasteiger partial charge in [-0.15, -0.1) is 11.8 Å². The molecule has 1 aliphatic rings. The Morgan fingerprint density at radius 3 is 2.95 bits per heavy atom. The van der Waals surface area contributed by atoms with Gasteiger partial charge in [0.15, 0.2) is 0 Å². The highest BCUT2D eigenvalue weighted by Gasteiger charge is 2.20. The van der Waals surface area contributed by atoms with Crippen LogP contribution in [0.15, 0.2) is 23.1 Å². The van der Waals surface area contributed by atoms with Crippen molar-refractivity contribution >= 4 is 23.6 Å². The minimum absolute atomic E-state index is 0.0285. The van der Waals surface area contributed by atoms with E-state index in [9.17, 15) is 9.59 Å². The van der Waals surface area contributed by atoms with E-state index in [0.717, 1.165) is 4.90 Å². The lowest BCUT2D eigenvalue weighted by atomic mass is 10.2. The maximum Gasteiger partial charge on any atom is 0.239 e. The fourth-order valence-electron chi connectivity index (χ4n) is 1.95. The molecule has 0 spiro atoms. The number of carbonyl (C=O) groups excluding carboxylic acids is 2. The first-order valence-corrected chi connectivity index (χ1v) is 7.29. The van der Waals surface area contributed by atoms with Crippen LogP contribution in [0, 0.1) is 13.8 Å². The highest BCUT2D eigenvalue weighted by Crippen LogP contribution is 2.23. The van der Waals surface area contributed by atoms with Gasteiger partial charge in [0.1, 0.15) is 0 Å². The average Bonchev–Trinajstić information content (AvgIpc) is 2.39. The summed E-state index contributed by atoms with van der Waals surface area (Å²) in [6.07, 6.45) is 0. The fourth-order valence-corrected chi connectivity index (χ4v) is 2.97. The van der Waals surface area contributed by atoms with E-state index in [0.29, 0.717) is 18.8 Å². The number of hydrogen-bond donors (Lipinski definition) is 1. The van der Waals surface area contributed by atoms with E-state index in [1.165, 1.54) is 11.1 Å². The van der Waals surface area contributed by atoms with Crippen LogP contribution in [-0.4, -0.2) is 42.1 Å². The Kier molecular flexibility index (Phi) is 4.47. The highest BCUT2D eigenvalue weighted by atomic mass is 32.2. The third-order valence-electron chi connectivity index (χ3n) is 3.09. The third-order valence-corrected chi connectivity index (χ3v) is 4.23. The van der Waals surface area contributed by atoms with E-state index >= 15 is 0 Å². The third kappa shape index (κ3) is 3.73. The Labute approximate surface area is 117 Å². The van der Waals surface area contributed by atoms with Crippen LogP contribution in [0.2, 0.25) is 0 Å². The molecular formula is C14H18N2O2S. The van der Waals surface area contributed by atoms with Crippen molar-refractivity contribution in [2.75, 3.05) is 25.4 Å². The molecule has 102 valence electrons. The van der Waals surface area contributed by atoms with Crippen LogP contribution in [0.3, 0.4) is 0 Å². The molecule has 0 saturated carbocycles. The molecule has 2 rings (SSSR count). The second kappa shape index (κ2) is 6.10. The summed E-state index contributed by atoms with van der Waals surface area (Å²) >= 11 is 1.54. The largest absolute Gasteiger partial charge is 0.353 e. The van der Waals surface area contributed by atoms with Crippen LogP contribution in [0.1, 0.15) is 11.1 Å². The Morgan fingerprint density at radius 1 is 1.42 bits per heavy atom. The van der Waals surface area contributed by atoms with Gasteiger partial charge in [-0.05, 0) is 25.5 Å². The fraction of sp³-hybridized carbons (Fsp3) is 0.429. The maximum absolute atomic E-state index is 12.0. The summed E-state index contributed by atoms with van der Waals surface area (Å²) in [4.78, 5) is 26.0. The number of rotatable bonds is 3. The predicted molar refractivity (Wildman–Crippen MR) is 76.2 cm³/mol. The molecule has 0 radical (unpaired) electrons. The lowest BCUT2D eigenvalue weighted by Gasteiger charge is -2.26. The SMILES string of the molecule is Cc1ccc(C)c(SCC(=O)N2CCNC(=O)C2)c1. The molecule has 19 heavy (non-hydrogen) atoms. The van der Waals surface area contributed by atoms with Gasteiger partial charge in [0.05, 0.1) is 12.3 Å². The Hall–Kier alpha value is -1.49. The van der Waals surface area contributed by atoms with Gasteiger partial charge in [0.2, 0.25) is 11.8 Å². The molecule has 0 unspecified atom stereocenters. The minimum Gasteiger partial charge on any atom is -0.353 e. The number of thioether (sulfide) groups is 1. The highest BCUT2D eigenvalue weighted by molar-refractivity contribution is 8.00. The number of nitrogens with zero attached hydrogens (tertiary/aromatic N) is 1. The summed E-state index contributed by atoms with van der Waals surface area (Å²) in [5.41, 5.74) is 2.37. The minimum atomic E-state index is -0.0728. The van der Waals surface area contributed by atoms with Crippen molar-refractivity contribution in [2.45, 2.75) is 18.7 Å². The molecule has 5 heteroatoms. The van der Waals surface area contributed by atoms with Gasteiger partial charge >= 0.3 is 0 Å². The normalized spacial score (nSPS) is 15.3. The van der Waals surface area contributed by atoms with E-state index in [-0.39, 0.29) is 18.4 Å². The molecule has 1 aromatic rings. The van der Waals surface area contributed by atoms with Gasteiger partial charge in [0.25, 0.3) is 0 Å². The van der Waals surface area contributed by atoms with E-state index < -0.39 is 0 Å². The standard InChI is InChI=1S/C14H18N2O2S/c1-10-3-4-11(2)12(7-10)19-9-14(18)16-6-5-15-13(17)8-16/h3-4,7H,5-6,8-9H2,1-2H3,(H,15,17). The van der Waals surface area contributed by atoms with Crippen molar-refractivity contribution in [3.05, 3.63) is 29.3 Å². The molecule has 0 aliphatic carbocycles. The monoisotopic (exact) mass is 278 g/mol. The zero-order valence-corrected chi connectivity index (χ0v) is 12.0. The van der Waals surface area contributed by atoms with Gasteiger partial charge in [-0.1, -0.05) is 17.7 Å².